The van der Waals surface area contributed by atoms with E-state index in [1.54, 1.807) is 66.9 Å². The monoisotopic (exact) mass is 571 g/mol. The minimum atomic E-state index is -0.862. The molecule has 41 heavy (non-hydrogen) atoms. The lowest BCUT2D eigenvalue weighted by Gasteiger charge is -2.29. The van der Waals surface area contributed by atoms with Gasteiger partial charge in [0.25, 0.3) is 11.8 Å². The summed E-state index contributed by atoms with van der Waals surface area (Å²) in [5.41, 5.74) is 2.26. The van der Waals surface area contributed by atoms with Crippen molar-refractivity contribution in [3.63, 3.8) is 0 Å². The fourth-order valence-electron chi connectivity index (χ4n) is 4.54. The molecule has 2 aromatic carbocycles. The first kappa shape index (κ1) is 27.6. The van der Waals surface area contributed by atoms with E-state index in [2.05, 4.69) is 20.6 Å². The Kier molecular flexibility index (Phi) is 8.11. The van der Waals surface area contributed by atoms with Crippen molar-refractivity contribution in [2.24, 2.45) is 0 Å². The van der Waals surface area contributed by atoms with Crippen molar-refractivity contribution in [3.8, 4) is 11.5 Å². The number of methoxy groups -OCH3 is 2. The molecule has 0 saturated carbocycles. The van der Waals surface area contributed by atoms with Crippen LogP contribution in [0.25, 0.3) is 0 Å². The Morgan fingerprint density at radius 3 is 2.59 bits per heavy atom. The molecule has 3 amide bonds. The van der Waals surface area contributed by atoms with Crippen LogP contribution in [0.15, 0.2) is 79.1 Å². The van der Waals surface area contributed by atoms with E-state index < -0.39 is 11.9 Å². The van der Waals surface area contributed by atoms with Crippen molar-refractivity contribution in [1.29, 1.82) is 0 Å². The van der Waals surface area contributed by atoms with Gasteiger partial charge in [-0.25, -0.2) is 4.98 Å². The molecule has 2 N–H and O–H groups in total. The molecule has 0 saturated heterocycles. The van der Waals surface area contributed by atoms with Gasteiger partial charge in [-0.15, -0.1) is 0 Å². The summed E-state index contributed by atoms with van der Waals surface area (Å²) in [6.45, 7) is 0.0735. The zero-order valence-corrected chi connectivity index (χ0v) is 23.0. The van der Waals surface area contributed by atoms with Crippen molar-refractivity contribution >= 4 is 40.8 Å². The third kappa shape index (κ3) is 6.12. The molecule has 1 unspecified atom stereocenters. The number of nitrogens with one attached hydrogen (secondary N) is 2. The fourth-order valence-corrected chi connectivity index (χ4v) is 4.71. The van der Waals surface area contributed by atoms with Crippen LogP contribution in [0.4, 0.5) is 11.5 Å². The summed E-state index contributed by atoms with van der Waals surface area (Å²) < 4.78 is 10.6. The third-order valence-corrected chi connectivity index (χ3v) is 6.85. The lowest BCUT2D eigenvalue weighted by Crippen LogP contribution is -2.46. The average molecular weight is 572 g/mol. The van der Waals surface area contributed by atoms with E-state index in [9.17, 15) is 14.4 Å². The number of aromatic nitrogens is 2. The molecule has 0 radical (unpaired) electrons. The third-order valence-electron chi connectivity index (χ3n) is 6.62. The van der Waals surface area contributed by atoms with Crippen LogP contribution in [0.1, 0.15) is 32.0 Å². The topological polar surface area (TPSA) is 123 Å². The van der Waals surface area contributed by atoms with E-state index >= 15 is 0 Å². The van der Waals surface area contributed by atoms with E-state index in [4.69, 9.17) is 21.1 Å². The predicted octanol–water partition coefficient (Wildman–Crippen LogP) is 4.61. The highest BCUT2D eigenvalue weighted by Gasteiger charge is 2.36. The standard InChI is InChI=1S/C30H26ClN5O5/c1-40-21-8-11-27(33-16-21)35-28(37)23-9-6-18(13-26(23)41-2)17-36-25(15-20-5-3-4-12-32-20)29(38)34-24-14-19(31)7-10-22(24)30(36)39/h3-14,16,25H,15,17H2,1-2H3,(H,34,38)(H,33,35,37). The average Bonchev–Trinajstić information content (AvgIpc) is 3.07. The number of carbonyl (C=O) groups excluding carboxylic acids is 3. The highest BCUT2D eigenvalue weighted by molar-refractivity contribution is 6.31. The molecule has 1 aliphatic rings. The van der Waals surface area contributed by atoms with Gasteiger partial charge in [-0.05, 0) is 60.2 Å². The largest absolute Gasteiger partial charge is 0.496 e. The molecule has 3 heterocycles. The number of hydrogen-bond acceptors (Lipinski definition) is 7. The molecule has 4 aromatic rings. The smallest absolute Gasteiger partial charge is 0.260 e. The van der Waals surface area contributed by atoms with E-state index in [0.29, 0.717) is 44.8 Å². The minimum Gasteiger partial charge on any atom is -0.496 e. The Balaban J connectivity index is 1.45. The summed E-state index contributed by atoms with van der Waals surface area (Å²) >= 11 is 6.15. The molecule has 0 fully saturated rings. The number of carbonyl (C=O) groups is 3. The van der Waals surface area contributed by atoms with Gasteiger partial charge in [0.2, 0.25) is 5.91 Å². The molecule has 1 aliphatic heterocycles. The number of anilines is 2. The molecule has 0 spiro atoms. The summed E-state index contributed by atoms with van der Waals surface area (Å²) in [5.74, 6) is 0.0825. The lowest BCUT2D eigenvalue weighted by atomic mass is 10.0. The van der Waals surface area contributed by atoms with Gasteiger partial charge in [0, 0.05) is 29.9 Å². The second-order valence-corrected chi connectivity index (χ2v) is 9.66. The molecule has 11 heteroatoms. The first-order valence-electron chi connectivity index (χ1n) is 12.7. The number of fused-ring (bicyclic) bond motifs is 1. The van der Waals surface area contributed by atoms with E-state index in [0.717, 1.165) is 0 Å². The number of pyridine rings is 2. The van der Waals surface area contributed by atoms with Crippen LogP contribution in [-0.2, 0) is 17.8 Å². The van der Waals surface area contributed by atoms with Gasteiger partial charge < -0.3 is 25.0 Å². The molecule has 0 aliphatic carbocycles. The maximum atomic E-state index is 13.8. The highest BCUT2D eigenvalue weighted by atomic mass is 35.5. The van der Waals surface area contributed by atoms with Crippen LogP contribution in [0, 0.1) is 0 Å². The number of nitrogens with zero attached hydrogens (tertiary/aromatic N) is 3. The number of ether oxygens (including phenoxy) is 2. The molecule has 1 atom stereocenters. The number of rotatable bonds is 8. The normalized spacial score (nSPS) is 14.5. The van der Waals surface area contributed by atoms with Crippen LogP contribution in [-0.4, -0.2) is 52.9 Å². The summed E-state index contributed by atoms with van der Waals surface area (Å²) in [7, 11) is 2.98. The van der Waals surface area contributed by atoms with Gasteiger partial charge in [-0.2, -0.15) is 0 Å². The first-order valence-corrected chi connectivity index (χ1v) is 13.0. The number of benzene rings is 2. The number of halogens is 1. The van der Waals surface area contributed by atoms with Crippen LogP contribution >= 0.6 is 11.6 Å². The Morgan fingerprint density at radius 1 is 1.02 bits per heavy atom. The van der Waals surface area contributed by atoms with Crippen LogP contribution in [0.5, 0.6) is 11.5 Å². The van der Waals surface area contributed by atoms with Gasteiger partial charge in [-0.3, -0.25) is 19.4 Å². The minimum absolute atomic E-state index is 0.0735. The van der Waals surface area contributed by atoms with Crippen LogP contribution in [0.2, 0.25) is 5.02 Å². The van der Waals surface area contributed by atoms with Gasteiger partial charge in [-0.1, -0.05) is 23.7 Å². The lowest BCUT2D eigenvalue weighted by molar-refractivity contribution is -0.120. The van der Waals surface area contributed by atoms with E-state index in [-0.39, 0.29) is 30.3 Å². The summed E-state index contributed by atoms with van der Waals surface area (Å²) in [5, 5.41) is 5.99. The maximum Gasteiger partial charge on any atom is 0.260 e. The molecular weight excluding hydrogens is 546 g/mol. The molecule has 10 nitrogen and oxygen atoms in total. The number of hydrogen-bond donors (Lipinski definition) is 2. The van der Waals surface area contributed by atoms with Gasteiger partial charge in [0.05, 0.1) is 37.2 Å². The number of amides is 3. The molecule has 0 bridgehead atoms. The van der Waals surface area contributed by atoms with Crippen LogP contribution in [0.3, 0.4) is 0 Å². The van der Waals surface area contributed by atoms with Crippen LogP contribution < -0.4 is 20.1 Å². The second kappa shape index (κ2) is 12.1. The predicted molar refractivity (Wildman–Crippen MR) is 153 cm³/mol. The van der Waals surface area contributed by atoms with Crippen molar-refractivity contribution in [2.45, 2.75) is 19.0 Å². The molecule has 5 rings (SSSR count). The highest BCUT2D eigenvalue weighted by Crippen LogP contribution is 2.30. The maximum absolute atomic E-state index is 13.8. The van der Waals surface area contributed by atoms with Crippen molar-refractivity contribution in [1.82, 2.24) is 14.9 Å². The quantitative estimate of drug-likeness (QED) is 0.317. The summed E-state index contributed by atoms with van der Waals surface area (Å²) in [4.78, 5) is 50.3. The molecular formula is C30H26ClN5O5. The van der Waals surface area contributed by atoms with E-state index in [1.807, 2.05) is 6.07 Å². The van der Waals surface area contributed by atoms with Gasteiger partial charge in [0.1, 0.15) is 23.4 Å². The van der Waals surface area contributed by atoms with Crippen molar-refractivity contribution < 1.29 is 23.9 Å². The van der Waals surface area contributed by atoms with Gasteiger partial charge >= 0.3 is 0 Å². The second-order valence-electron chi connectivity index (χ2n) is 9.23. The Morgan fingerprint density at radius 2 is 1.88 bits per heavy atom. The Hall–Kier alpha value is -4.96. The van der Waals surface area contributed by atoms with Crippen molar-refractivity contribution in [3.05, 3.63) is 107 Å². The Bertz CT molecular complexity index is 1600. The molecule has 208 valence electrons. The molecule has 2 aromatic heterocycles. The van der Waals surface area contributed by atoms with Gasteiger partial charge in [0.15, 0.2) is 0 Å². The zero-order chi connectivity index (χ0) is 28.9. The first-order chi connectivity index (χ1) is 19.9. The summed E-state index contributed by atoms with van der Waals surface area (Å²) in [6, 6.07) is 17.6. The van der Waals surface area contributed by atoms with Crippen molar-refractivity contribution in [2.75, 3.05) is 24.9 Å². The summed E-state index contributed by atoms with van der Waals surface area (Å²) in [6.07, 6.45) is 3.34. The van der Waals surface area contributed by atoms with E-state index in [1.165, 1.54) is 25.3 Å². The fraction of sp³-hybridized carbons (Fsp3) is 0.167. The Labute approximate surface area is 241 Å². The zero-order valence-electron chi connectivity index (χ0n) is 22.3. The SMILES string of the molecule is COc1ccc(NC(=O)c2ccc(CN3C(=O)c4ccc(Cl)cc4NC(=O)C3Cc3ccccn3)cc2OC)nc1.